The highest BCUT2D eigenvalue weighted by Crippen LogP contribution is 2.37. The number of hydrogen-bond acceptors (Lipinski definition) is 8. The van der Waals surface area contributed by atoms with Crippen molar-refractivity contribution in [3.8, 4) is 22.8 Å². The Morgan fingerprint density at radius 2 is 1.86 bits per heavy atom. The molecule has 0 aliphatic carbocycles. The Bertz CT molecular complexity index is 1340. The fraction of sp³-hybridized carbons (Fsp3) is 0.385. The summed E-state index contributed by atoms with van der Waals surface area (Å²) in [4.78, 5) is 15.8. The minimum atomic E-state index is -0.507. The molecular formula is C26H31FN6O3. The van der Waals surface area contributed by atoms with Crippen LogP contribution in [0.25, 0.3) is 22.4 Å². The Hall–Kier alpha value is -3.79. The number of ether oxygens (including phenoxy) is 3. The van der Waals surface area contributed by atoms with Crippen molar-refractivity contribution in [2.45, 2.75) is 26.9 Å². The van der Waals surface area contributed by atoms with E-state index < -0.39 is 5.82 Å². The van der Waals surface area contributed by atoms with Crippen molar-refractivity contribution < 1.29 is 18.6 Å². The van der Waals surface area contributed by atoms with Gasteiger partial charge in [0, 0.05) is 37.5 Å². The molecule has 0 bridgehead atoms. The van der Waals surface area contributed by atoms with E-state index in [1.54, 1.807) is 28.0 Å². The van der Waals surface area contributed by atoms with Gasteiger partial charge in [-0.15, -0.1) is 0 Å². The summed E-state index contributed by atoms with van der Waals surface area (Å²) in [5.74, 6) is 0.631. The second kappa shape index (κ2) is 10.9. The molecule has 0 aliphatic rings. The summed E-state index contributed by atoms with van der Waals surface area (Å²) in [6.07, 6.45) is 5.37. The normalized spacial score (nSPS) is 12.2. The lowest BCUT2D eigenvalue weighted by molar-refractivity contribution is 0.0571. The average molecular weight is 495 g/mol. The number of halogens is 1. The molecule has 4 rings (SSSR count). The minimum Gasteiger partial charge on any atom is -0.497 e. The quantitative estimate of drug-likeness (QED) is 0.311. The molecule has 1 aromatic carbocycles. The van der Waals surface area contributed by atoms with Gasteiger partial charge in [0.2, 0.25) is 0 Å². The zero-order chi connectivity index (χ0) is 25.8. The maximum Gasteiger partial charge on any atom is 0.188 e. The number of pyridine rings is 1. The highest BCUT2D eigenvalue weighted by atomic mass is 19.1. The number of nitrogens with zero attached hydrogens (tertiary/aromatic N) is 6. The standard InChI is InChI=1S/C26H31FN6O3/c1-16(2)36-15-17(3)13-33(22-9-19(34-5)10-23(35-6)25(22)27)24-8-7-20-26(31-24)30-21(12-28-20)18-11-29-32(4)14-18/h7-12,14,16-17H,13,15H2,1-6H3. The van der Waals surface area contributed by atoms with E-state index in [4.69, 9.17) is 24.2 Å². The third-order valence-electron chi connectivity index (χ3n) is 5.62. The van der Waals surface area contributed by atoms with Crippen molar-refractivity contribution >= 4 is 22.7 Å². The van der Waals surface area contributed by atoms with Gasteiger partial charge in [0.25, 0.3) is 0 Å². The van der Waals surface area contributed by atoms with E-state index >= 15 is 4.39 Å². The second-order valence-corrected chi connectivity index (χ2v) is 8.93. The molecule has 0 spiro atoms. The Labute approximate surface area is 209 Å². The largest absolute Gasteiger partial charge is 0.497 e. The van der Waals surface area contributed by atoms with Gasteiger partial charge in [0.05, 0.1) is 50.7 Å². The van der Waals surface area contributed by atoms with Crippen LogP contribution in [0.4, 0.5) is 15.9 Å². The van der Waals surface area contributed by atoms with Gasteiger partial charge in [0.15, 0.2) is 17.2 Å². The zero-order valence-electron chi connectivity index (χ0n) is 21.4. The van der Waals surface area contributed by atoms with E-state index in [1.807, 2.05) is 46.1 Å². The molecule has 4 aromatic rings. The molecular weight excluding hydrogens is 463 g/mol. The van der Waals surface area contributed by atoms with Crippen molar-refractivity contribution in [2.75, 3.05) is 32.3 Å². The number of aryl methyl sites for hydroxylation is 1. The van der Waals surface area contributed by atoms with Crippen LogP contribution in [-0.4, -0.2) is 58.2 Å². The molecule has 3 heterocycles. The first-order chi connectivity index (χ1) is 17.3. The van der Waals surface area contributed by atoms with Gasteiger partial charge < -0.3 is 19.1 Å². The van der Waals surface area contributed by atoms with E-state index in [0.717, 1.165) is 5.56 Å². The highest BCUT2D eigenvalue weighted by molar-refractivity contribution is 5.77. The molecule has 190 valence electrons. The van der Waals surface area contributed by atoms with Crippen LogP contribution in [0.3, 0.4) is 0 Å². The van der Waals surface area contributed by atoms with Crippen LogP contribution in [-0.2, 0) is 11.8 Å². The molecule has 9 nitrogen and oxygen atoms in total. The summed E-state index contributed by atoms with van der Waals surface area (Å²) in [5, 5.41) is 4.21. The lowest BCUT2D eigenvalue weighted by atomic mass is 10.1. The molecule has 3 aromatic heterocycles. The van der Waals surface area contributed by atoms with Gasteiger partial charge in [-0.1, -0.05) is 6.92 Å². The number of benzene rings is 1. The second-order valence-electron chi connectivity index (χ2n) is 8.93. The molecule has 10 heteroatoms. The number of fused-ring (bicyclic) bond motifs is 1. The van der Waals surface area contributed by atoms with Gasteiger partial charge >= 0.3 is 0 Å². The van der Waals surface area contributed by atoms with Gasteiger partial charge in [-0.3, -0.25) is 9.67 Å². The topological polar surface area (TPSA) is 87.4 Å². The van der Waals surface area contributed by atoms with E-state index in [2.05, 4.69) is 10.1 Å². The molecule has 0 N–H and O–H groups in total. The van der Waals surface area contributed by atoms with Crippen molar-refractivity contribution in [3.63, 3.8) is 0 Å². The fourth-order valence-corrected chi connectivity index (χ4v) is 3.79. The third-order valence-corrected chi connectivity index (χ3v) is 5.62. The maximum absolute atomic E-state index is 15.6. The van der Waals surface area contributed by atoms with E-state index in [9.17, 15) is 0 Å². The number of aromatic nitrogens is 5. The van der Waals surface area contributed by atoms with Crippen molar-refractivity contribution in [2.24, 2.45) is 13.0 Å². The molecule has 0 aliphatic heterocycles. The van der Waals surface area contributed by atoms with Crippen LogP contribution in [0.5, 0.6) is 11.5 Å². The number of hydrogen-bond donors (Lipinski definition) is 0. The van der Waals surface area contributed by atoms with Crippen LogP contribution in [0.1, 0.15) is 20.8 Å². The van der Waals surface area contributed by atoms with Crippen molar-refractivity contribution in [3.05, 3.63) is 48.7 Å². The van der Waals surface area contributed by atoms with Gasteiger partial charge in [-0.25, -0.2) is 14.4 Å². The maximum atomic E-state index is 15.6. The van der Waals surface area contributed by atoms with Crippen LogP contribution < -0.4 is 14.4 Å². The molecule has 1 atom stereocenters. The summed E-state index contributed by atoms with van der Waals surface area (Å²) in [7, 11) is 4.80. The van der Waals surface area contributed by atoms with Crippen LogP contribution in [0.15, 0.2) is 42.9 Å². The Kier molecular flexibility index (Phi) is 7.64. The lowest BCUT2D eigenvalue weighted by Crippen LogP contribution is -2.28. The summed E-state index contributed by atoms with van der Waals surface area (Å²) in [6.45, 7) is 6.97. The summed E-state index contributed by atoms with van der Waals surface area (Å²) < 4.78 is 33.8. The van der Waals surface area contributed by atoms with Crippen molar-refractivity contribution in [1.82, 2.24) is 24.7 Å². The Morgan fingerprint density at radius 1 is 1.06 bits per heavy atom. The first-order valence-electron chi connectivity index (χ1n) is 11.7. The first-order valence-corrected chi connectivity index (χ1v) is 11.7. The molecule has 1 unspecified atom stereocenters. The molecule has 0 radical (unpaired) electrons. The van der Waals surface area contributed by atoms with Crippen LogP contribution in [0, 0.1) is 11.7 Å². The smallest absolute Gasteiger partial charge is 0.188 e. The van der Waals surface area contributed by atoms with E-state index in [-0.39, 0.29) is 23.5 Å². The minimum absolute atomic E-state index is 0.0642. The molecule has 36 heavy (non-hydrogen) atoms. The monoisotopic (exact) mass is 494 g/mol. The van der Waals surface area contributed by atoms with E-state index in [0.29, 0.717) is 41.6 Å². The third kappa shape index (κ3) is 5.54. The van der Waals surface area contributed by atoms with Gasteiger partial charge in [-0.2, -0.15) is 5.10 Å². The molecule has 0 fully saturated rings. The fourth-order valence-electron chi connectivity index (χ4n) is 3.79. The molecule has 0 amide bonds. The van der Waals surface area contributed by atoms with Crippen molar-refractivity contribution in [1.29, 1.82) is 0 Å². The first kappa shape index (κ1) is 25.3. The van der Waals surface area contributed by atoms with Gasteiger partial charge in [-0.05, 0) is 31.9 Å². The van der Waals surface area contributed by atoms with E-state index in [1.165, 1.54) is 20.3 Å². The van der Waals surface area contributed by atoms with Crippen LogP contribution >= 0.6 is 0 Å². The lowest BCUT2D eigenvalue weighted by Gasteiger charge is -2.28. The van der Waals surface area contributed by atoms with Crippen LogP contribution in [0.2, 0.25) is 0 Å². The Morgan fingerprint density at radius 3 is 2.53 bits per heavy atom. The molecule has 0 saturated carbocycles. The number of methoxy groups -OCH3 is 2. The predicted octanol–water partition coefficient (Wildman–Crippen LogP) is 4.78. The summed E-state index contributed by atoms with van der Waals surface area (Å²) >= 11 is 0. The highest BCUT2D eigenvalue weighted by Gasteiger charge is 2.23. The average Bonchev–Trinajstić information content (AvgIpc) is 3.32. The Balaban J connectivity index is 1.80. The molecule has 0 saturated heterocycles. The zero-order valence-corrected chi connectivity index (χ0v) is 21.4. The summed E-state index contributed by atoms with van der Waals surface area (Å²) in [6, 6.07) is 6.79. The van der Waals surface area contributed by atoms with Gasteiger partial charge in [0.1, 0.15) is 17.1 Å². The summed E-state index contributed by atoms with van der Waals surface area (Å²) in [5.41, 5.74) is 2.84. The number of anilines is 2. The number of rotatable bonds is 10. The predicted molar refractivity (Wildman–Crippen MR) is 136 cm³/mol. The SMILES string of the molecule is COc1cc(OC)c(F)c(N(CC(C)COC(C)C)c2ccc3ncc(-c4cnn(C)c4)nc3n2)c1.